The van der Waals surface area contributed by atoms with Gasteiger partial charge >= 0.3 is 5.97 Å². The Labute approximate surface area is 126 Å². The lowest BCUT2D eigenvalue weighted by molar-refractivity contribution is 0.0690. The van der Waals surface area contributed by atoms with Gasteiger partial charge in [0, 0.05) is 16.1 Å². The van der Waals surface area contributed by atoms with Crippen LogP contribution in [0.25, 0.3) is 0 Å². The Morgan fingerprint density at radius 3 is 2.33 bits per heavy atom. The fourth-order valence-corrected chi connectivity index (χ4v) is 4.53. The summed E-state index contributed by atoms with van der Waals surface area (Å²) in [6, 6.07) is 0. The normalized spacial score (nSPS) is 11.6. The molecule has 0 aromatic carbocycles. The predicted molar refractivity (Wildman–Crippen MR) is 79.6 cm³/mol. The molecule has 0 aliphatic rings. The molecule has 0 spiro atoms. The highest BCUT2D eigenvalue weighted by Crippen LogP contribution is 2.28. The Morgan fingerprint density at radius 2 is 1.90 bits per heavy atom. The van der Waals surface area contributed by atoms with Gasteiger partial charge in [-0.15, -0.1) is 11.3 Å². The van der Waals surface area contributed by atoms with E-state index < -0.39 is 16.0 Å². The van der Waals surface area contributed by atoms with E-state index in [1.165, 1.54) is 25.2 Å². The molecule has 114 valence electrons. The van der Waals surface area contributed by atoms with Gasteiger partial charge in [0.15, 0.2) is 5.13 Å². The molecule has 0 saturated carbocycles. The number of nitrogens with zero attached hydrogens (tertiary/aromatic N) is 1. The number of aromatic nitrogens is 2. The van der Waals surface area contributed by atoms with Gasteiger partial charge in [-0.05, 0) is 27.7 Å². The molecule has 9 heteroatoms. The number of anilines is 1. The lowest BCUT2D eigenvalue weighted by Crippen LogP contribution is -2.14. The van der Waals surface area contributed by atoms with Crippen LogP contribution < -0.4 is 4.72 Å². The zero-order valence-corrected chi connectivity index (χ0v) is 13.6. The van der Waals surface area contributed by atoms with Crippen LogP contribution in [0.2, 0.25) is 0 Å². The molecule has 0 aliphatic carbocycles. The fraction of sp³-hybridized carbons (Fsp3) is 0.333. The third-order valence-electron chi connectivity index (χ3n) is 3.10. The predicted octanol–water partition coefficient (Wildman–Crippen LogP) is 2.20. The molecule has 2 heterocycles. The summed E-state index contributed by atoms with van der Waals surface area (Å²) in [5.74, 6) is -1.20. The molecule has 0 bridgehead atoms. The van der Waals surface area contributed by atoms with Crippen molar-refractivity contribution in [1.29, 1.82) is 0 Å². The number of hydrogen-bond acceptors (Lipinski definition) is 5. The lowest BCUT2D eigenvalue weighted by atomic mass is 10.2. The number of aryl methyl sites for hydroxylation is 3. The van der Waals surface area contributed by atoms with Crippen molar-refractivity contribution < 1.29 is 18.3 Å². The number of carboxylic acid groups (broad SMARTS) is 1. The van der Waals surface area contributed by atoms with Gasteiger partial charge in [-0.2, -0.15) is 0 Å². The minimum Gasteiger partial charge on any atom is -0.477 e. The summed E-state index contributed by atoms with van der Waals surface area (Å²) in [6.07, 6.45) is 0. The second-order valence-corrected chi connectivity index (χ2v) is 7.47. The van der Waals surface area contributed by atoms with Gasteiger partial charge < -0.3 is 10.1 Å². The Morgan fingerprint density at radius 1 is 1.29 bits per heavy atom. The van der Waals surface area contributed by atoms with Gasteiger partial charge in [-0.25, -0.2) is 18.2 Å². The molecule has 0 amide bonds. The number of nitrogens with one attached hydrogen (secondary N) is 2. The molecule has 2 rings (SSSR count). The largest absolute Gasteiger partial charge is 0.477 e. The minimum atomic E-state index is -3.89. The molecule has 2 aromatic heterocycles. The van der Waals surface area contributed by atoms with Gasteiger partial charge in [-0.1, -0.05) is 0 Å². The first-order valence-corrected chi connectivity index (χ1v) is 8.32. The molecule has 0 saturated heterocycles. The smallest absolute Gasteiger partial charge is 0.352 e. The molecular formula is C12H15N3O4S2. The molecule has 0 unspecified atom stereocenters. The van der Waals surface area contributed by atoms with Gasteiger partial charge in [0.2, 0.25) is 0 Å². The quantitative estimate of drug-likeness (QED) is 0.796. The summed E-state index contributed by atoms with van der Waals surface area (Å²) in [7, 11) is -3.89. The maximum atomic E-state index is 12.4. The van der Waals surface area contributed by atoms with Crippen LogP contribution in [-0.4, -0.2) is 29.5 Å². The molecule has 0 atom stereocenters. The Kier molecular flexibility index (Phi) is 3.81. The van der Waals surface area contributed by atoms with E-state index in [0.29, 0.717) is 0 Å². The number of hydrogen-bond donors (Lipinski definition) is 3. The van der Waals surface area contributed by atoms with E-state index in [2.05, 4.69) is 14.7 Å². The molecular weight excluding hydrogens is 314 g/mol. The maximum Gasteiger partial charge on any atom is 0.352 e. The zero-order valence-electron chi connectivity index (χ0n) is 11.9. The second kappa shape index (κ2) is 5.15. The Bertz CT molecular complexity index is 798. The van der Waals surface area contributed by atoms with Crippen LogP contribution in [0, 0.1) is 27.7 Å². The summed E-state index contributed by atoms with van der Waals surface area (Å²) < 4.78 is 27.3. The van der Waals surface area contributed by atoms with Crippen molar-refractivity contribution in [3.05, 3.63) is 27.5 Å². The van der Waals surface area contributed by atoms with Gasteiger partial charge in [0.1, 0.15) is 10.6 Å². The Balaban J connectivity index is 2.47. The number of aromatic carboxylic acids is 1. The number of sulfonamides is 1. The SMILES string of the molecule is Cc1nc(NS(=O)(=O)c2c(C)[nH]c(C(=O)O)c2C)sc1C. The van der Waals surface area contributed by atoms with Crippen molar-refractivity contribution in [2.24, 2.45) is 0 Å². The van der Waals surface area contributed by atoms with Gasteiger partial charge in [0.05, 0.1) is 5.69 Å². The molecule has 0 fully saturated rings. The molecule has 21 heavy (non-hydrogen) atoms. The fourth-order valence-electron chi connectivity index (χ4n) is 2.03. The van der Waals surface area contributed by atoms with Crippen molar-refractivity contribution in [1.82, 2.24) is 9.97 Å². The first kappa shape index (κ1) is 15.5. The summed E-state index contributed by atoms with van der Waals surface area (Å²) in [6.45, 7) is 6.62. The third kappa shape index (κ3) is 2.79. The standard InChI is InChI=1S/C12H15N3O4S2/c1-5-9(11(16)17)13-7(3)10(5)21(18,19)15-12-14-6(2)8(4)20-12/h13H,1-4H3,(H,14,15)(H,16,17). The minimum absolute atomic E-state index is 0.0505. The van der Waals surface area contributed by atoms with E-state index in [1.807, 2.05) is 6.92 Å². The van der Waals surface area contributed by atoms with E-state index in [-0.39, 0.29) is 27.0 Å². The highest BCUT2D eigenvalue weighted by Gasteiger charge is 2.27. The van der Waals surface area contributed by atoms with Crippen LogP contribution in [-0.2, 0) is 10.0 Å². The molecule has 0 aliphatic heterocycles. The molecule has 0 radical (unpaired) electrons. The first-order valence-electron chi connectivity index (χ1n) is 6.02. The van der Waals surface area contributed by atoms with E-state index in [1.54, 1.807) is 6.92 Å². The van der Waals surface area contributed by atoms with E-state index >= 15 is 0 Å². The summed E-state index contributed by atoms with van der Waals surface area (Å²) in [5, 5.41) is 9.31. The van der Waals surface area contributed by atoms with Crippen molar-refractivity contribution in [3.8, 4) is 0 Å². The van der Waals surface area contributed by atoms with Gasteiger partial charge in [-0.3, -0.25) is 4.72 Å². The first-order chi connectivity index (χ1) is 9.63. The maximum absolute atomic E-state index is 12.4. The van der Waals surface area contributed by atoms with Crippen LogP contribution in [0.15, 0.2) is 4.90 Å². The van der Waals surface area contributed by atoms with Crippen molar-refractivity contribution >= 4 is 32.5 Å². The second-order valence-electron chi connectivity index (χ2n) is 4.65. The Hall–Kier alpha value is -1.87. The monoisotopic (exact) mass is 329 g/mol. The number of thiazole rings is 1. The lowest BCUT2D eigenvalue weighted by Gasteiger charge is -2.05. The van der Waals surface area contributed by atoms with Crippen LogP contribution in [0.1, 0.15) is 32.3 Å². The third-order valence-corrected chi connectivity index (χ3v) is 5.83. The van der Waals surface area contributed by atoms with Crippen LogP contribution >= 0.6 is 11.3 Å². The van der Waals surface area contributed by atoms with Crippen molar-refractivity contribution in [2.75, 3.05) is 4.72 Å². The molecule has 3 N–H and O–H groups in total. The van der Waals surface area contributed by atoms with Crippen molar-refractivity contribution in [3.63, 3.8) is 0 Å². The van der Waals surface area contributed by atoms with E-state index in [9.17, 15) is 13.2 Å². The number of carbonyl (C=O) groups is 1. The zero-order chi connectivity index (χ0) is 15.9. The molecule has 2 aromatic rings. The van der Waals surface area contributed by atoms with Crippen LogP contribution in [0.5, 0.6) is 0 Å². The number of carboxylic acids is 1. The number of aromatic amines is 1. The number of rotatable bonds is 4. The average Bonchev–Trinajstić information content (AvgIpc) is 2.79. The van der Waals surface area contributed by atoms with Gasteiger partial charge in [0.25, 0.3) is 10.0 Å². The van der Waals surface area contributed by atoms with Crippen LogP contribution in [0.4, 0.5) is 5.13 Å². The number of H-pyrrole nitrogens is 1. The summed E-state index contributed by atoms with van der Waals surface area (Å²) in [4.78, 5) is 18.6. The van der Waals surface area contributed by atoms with Crippen molar-refractivity contribution in [2.45, 2.75) is 32.6 Å². The highest BCUT2D eigenvalue weighted by molar-refractivity contribution is 7.93. The molecule has 7 nitrogen and oxygen atoms in total. The van der Waals surface area contributed by atoms with Crippen LogP contribution in [0.3, 0.4) is 0 Å². The topological polar surface area (TPSA) is 112 Å². The van der Waals surface area contributed by atoms with E-state index in [0.717, 1.165) is 10.6 Å². The summed E-state index contributed by atoms with van der Waals surface area (Å²) in [5.41, 5.74) is 1.09. The van der Waals surface area contributed by atoms with E-state index in [4.69, 9.17) is 5.11 Å². The summed E-state index contributed by atoms with van der Waals surface area (Å²) >= 11 is 1.23. The highest BCUT2D eigenvalue weighted by atomic mass is 32.2. The average molecular weight is 329 g/mol.